The lowest BCUT2D eigenvalue weighted by Gasteiger charge is -2.16. The van der Waals surface area contributed by atoms with Crippen molar-refractivity contribution in [2.24, 2.45) is 7.05 Å². The monoisotopic (exact) mass is 355 g/mol. The fourth-order valence-electron chi connectivity index (χ4n) is 2.76. The van der Waals surface area contributed by atoms with Gasteiger partial charge in [-0.25, -0.2) is 0 Å². The maximum Gasteiger partial charge on any atom is 0.256 e. The van der Waals surface area contributed by atoms with Gasteiger partial charge in [0.1, 0.15) is 0 Å². The summed E-state index contributed by atoms with van der Waals surface area (Å²) < 4.78 is 1.90. The van der Waals surface area contributed by atoms with Crippen LogP contribution in [0.5, 0.6) is 0 Å². The second-order valence-corrected chi connectivity index (χ2v) is 6.27. The molecule has 25 heavy (non-hydrogen) atoms. The summed E-state index contributed by atoms with van der Waals surface area (Å²) in [6, 6.07) is 14.7. The summed E-state index contributed by atoms with van der Waals surface area (Å²) in [6.07, 6.45) is 1.79. The van der Waals surface area contributed by atoms with Crippen molar-refractivity contribution in [2.45, 2.75) is 0 Å². The minimum Gasteiger partial charge on any atom is -0.350 e. The molecule has 0 saturated carbocycles. The Morgan fingerprint density at radius 2 is 1.80 bits per heavy atom. The maximum absolute atomic E-state index is 12.7. The van der Waals surface area contributed by atoms with E-state index in [2.05, 4.69) is 5.32 Å². The standard InChI is InChI=1S/C19H18ClN3O2/c1-22-11-14(13-7-3-6-10-17(13)22)19(25)23(2)12-18(24)21-16-9-5-4-8-15(16)20/h3-11H,12H2,1-2H3,(H,21,24). The number of halogens is 1. The van der Waals surface area contributed by atoms with Gasteiger partial charge < -0.3 is 14.8 Å². The Morgan fingerprint density at radius 1 is 1.12 bits per heavy atom. The molecule has 0 unspecified atom stereocenters. The van der Waals surface area contributed by atoms with E-state index in [-0.39, 0.29) is 18.4 Å². The van der Waals surface area contributed by atoms with Gasteiger partial charge in [0.05, 0.1) is 22.8 Å². The number of hydrogen-bond acceptors (Lipinski definition) is 2. The van der Waals surface area contributed by atoms with Crippen molar-refractivity contribution in [3.05, 3.63) is 65.3 Å². The minimum absolute atomic E-state index is 0.0622. The molecule has 128 valence electrons. The third kappa shape index (κ3) is 3.51. The van der Waals surface area contributed by atoms with Gasteiger partial charge in [-0.3, -0.25) is 9.59 Å². The lowest BCUT2D eigenvalue weighted by atomic mass is 10.1. The average Bonchev–Trinajstić information content (AvgIpc) is 2.93. The van der Waals surface area contributed by atoms with Gasteiger partial charge in [-0.15, -0.1) is 0 Å². The van der Waals surface area contributed by atoms with Crippen LogP contribution in [0, 0.1) is 0 Å². The van der Waals surface area contributed by atoms with Gasteiger partial charge in [-0.1, -0.05) is 41.9 Å². The lowest BCUT2D eigenvalue weighted by molar-refractivity contribution is -0.116. The van der Waals surface area contributed by atoms with Crippen molar-refractivity contribution in [1.29, 1.82) is 0 Å². The molecule has 0 spiro atoms. The van der Waals surface area contributed by atoms with Gasteiger partial charge in [0.15, 0.2) is 0 Å². The van der Waals surface area contributed by atoms with Gasteiger partial charge in [0.2, 0.25) is 5.91 Å². The molecule has 3 aromatic rings. The highest BCUT2D eigenvalue weighted by molar-refractivity contribution is 6.33. The molecule has 6 heteroatoms. The number of rotatable bonds is 4. The first-order valence-electron chi connectivity index (χ1n) is 7.81. The number of hydrogen-bond donors (Lipinski definition) is 1. The van der Waals surface area contributed by atoms with E-state index in [1.165, 1.54) is 4.90 Å². The predicted molar refractivity (Wildman–Crippen MR) is 100.0 cm³/mol. The fraction of sp³-hybridized carbons (Fsp3) is 0.158. The third-order valence-corrected chi connectivity index (χ3v) is 4.33. The first kappa shape index (κ1) is 17.0. The Labute approximate surface area is 150 Å². The summed E-state index contributed by atoms with van der Waals surface area (Å²) in [5.41, 5.74) is 2.08. The van der Waals surface area contributed by atoms with Gasteiger partial charge in [0.25, 0.3) is 5.91 Å². The van der Waals surface area contributed by atoms with Crippen LogP contribution in [-0.2, 0) is 11.8 Å². The molecule has 0 aliphatic rings. The zero-order valence-electron chi connectivity index (χ0n) is 14.0. The van der Waals surface area contributed by atoms with E-state index in [4.69, 9.17) is 11.6 Å². The Balaban J connectivity index is 1.74. The van der Waals surface area contributed by atoms with E-state index in [1.54, 1.807) is 37.5 Å². The van der Waals surface area contributed by atoms with E-state index in [0.29, 0.717) is 16.3 Å². The number of benzene rings is 2. The molecule has 0 atom stereocenters. The van der Waals surface area contributed by atoms with E-state index in [1.807, 2.05) is 35.9 Å². The van der Waals surface area contributed by atoms with Crippen LogP contribution in [0.2, 0.25) is 5.02 Å². The van der Waals surface area contributed by atoms with Crippen molar-refractivity contribution in [2.75, 3.05) is 18.9 Å². The van der Waals surface area contributed by atoms with Crippen LogP contribution in [0.15, 0.2) is 54.7 Å². The largest absolute Gasteiger partial charge is 0.350 e. The van der Waals surface area contributed by atoms with Gasteiger partial charge in [0, 0.05) is 31.2 Å². The number of aryl methyl sites for hydroxylation is 1. The number of anilines is 1. The summed E-state index contributed by atoms with van der Waals surface area (Å²) in [5.74, 6) is -0.504. The van der Waals surface area contributed by atoms with Gasteiger partial charge >= 0.3 is 0 Å². The first-order chi connectivity index (χ1) is 12.0. The number of nitrogens with zero attached hydrogens (tertiary/aromatic N) is 2. The molecule has 1 aromatic heterocycles. The van der Waals surface area contributed by atoms with E-state index in [9.17, 15) is 9.59 Å². The van der Waals surface area contributed by atoms with Crippen molar-refractivity contribution in [3.8, 4) is 0 Å². The Kier molecular flexibility index (Phi) is 4.76. The zero-order chi connectivity index (χ0) is 18.0. The number of aromatic nitrogens is 1. The molecule has 0 fully saturated rings. The number of nitrogens with one attached hydrogen (secondary N) is 1. The van der Waals surface area contributed by atoms with Crippen LogP contribution in [0.4, 0.5) is 5.69 Å². The molecule has 5 nitrogen and oxygen atoms in total. The smallest absolute Gasteiger partial charge is 0.256 e. The van der Waals surface area contributed by atoms with E-state index in [0.717, 1.165) is 10.9 Å². The Hall–Kier alpha value is -2.79. The maximum atomic E-state index is 12.7. The summed E-state index contributed by atoms with van der Waals surface area (Å²) in [4.78, 5) is 26.3. The van der Waals surface area contributed by atoms with Crippen LogP contribution >= 0.6 is 11.6 Å². The van der Waals surface area contributed by atoms with Crippen LogP contribution in [0.25, 0.3) is 10.9 Å². The van der Waals surface area contributed by atoms with Crippen molar-refractivity contribution >= 4 is 40.0 Å². The van der Waals surface area contributed by atoms with Crippen molar-refractivity contribution in [3.63, 3.8) is 0 Å². The Morgan fingerprint density at radius 3 is 2.56 bits per heavy atom. The fourth-order valence-corrected chi connectivity index (χ4v) is 2.94. The second-order valence-electron chi connectivity index (χ2n) is 5.86. The third-order valence-electron chi connectivity index (χ3n) is 4.00. The minimum atomic E-state index is -0.302. The van der Waals surface area contributed by atoms with Crippen molar-refractivity contribution in [1.82, 2.24) is 9.47 Å². The van der Waals surface area contributed by atoms with E-state index < -0.39 is 0 Å². The van der Waals surface area contributed by atoms with Gasteiger partial charge in [-0.05, 0) is 18.2 Å². The van der Waals surface area contributed by atoms with Crippen molar-refractivity contribution < 1.29 is 9.59 Å². The molecule has 0 aliphatic carbocycles. The molecule has 0 aliphatic heterocycles. The molecule has 0 radical (unpaired) electrons. The summed E-state index contributed by atoms with van der Waals surface area (Å²) in [7, 11) is 3.50. The molecule has 0 saturated heterocycles. The molecule has 1 N–H and O–H groups in total. The first-order valence-corrected chi connectivity index (χ1v) is 8.19. The number of likely N-dealkylation sites (N-methyl/N-ethyl adjacent to an activating group) is 1. The number of carbonyl (C=O) groups excluding carboxylic acids is 2. The molecule has 1 heterocycles. The predicted octanol–water partition coefficient (Wildman–Crippen LogP) is 3.54. The van der Waals surface area contributed by atoms with Crippen LogP contribution in [-0.4, -0.2) is 34.9 Å². The number of carbonyl (C=O) groups is 2. The highest BCUT2D eigenvalue weighted by atomic mass is 35.5. The highest BCUT2D eigenvalue weighted by Gasteiger charge is 2.19. The van der Waals surface area contributed by atoms with Crippen LogP contribution < -0.4 is 5.32 Å². The van der Waals surface area contributed by atoms with Crippen LogP contribution in [0.1, 0.15) is 10.4 Å². The quantitative estimate of drug-likeness (QED) is 0.778. The molecule has 2 amide bonds. The number of para-hydroxylation sites is 2. The summed E-state index contributed by atoms with van der Waals surface area (Å²) in [5, 5.41) is 4.05. The Bertz CT molecular complexity index is 949. The topological polar surface area (TPSA) is 54.3 Å². The summed E-state index contributed by atoms with van der Waals surface area (Å²) in [6.45, 7) is -0.0622. The summed E-state index contributed by atoms with van der Waals surface area (Å²) >= 11 is 6.03. The van der Waals surface area contributed by atoms with Gasteiger partial charge in [-0.2, -0.15) is 0 Å². The zero-order valence-corrected chi connectivity index (χ0v) is 14.7. The molecule has 3 rings (SSSR count). The normalized spacial score (nSPS) is 10.7. The molecular formula is C19H18ClN3O2. The molecule has 0 bridgehead atoms. The number of fused-ring (bicyclic) bond motifs is 1. The number of amides is 2. The second kappa shape index (κ2) is 6.99. The average molecular weight is 356 g/mol. The van der Waals surface area contributed by atoms with Crippen LogP contribution in [0.3, 0.4) is 0 Å². The SMILES string of the molecule is CN(CC(=O)Nc1ccccc1Cl)C(=O)c1cn(C)c2ccccc12. The lowest BCUT2D eigenvalue weighted by Crippen LogP contribution is -2.34. The van der Waals surface area contributed by atoms with E-state index >= 15 is 0 Å². The molecular weight excluding hydrogens is 338 g/mol. The highest BCUT2D eigenvalue weighted by Crippen LogP contribution is 2.22. The molecule has 2 aromatic carbocycles.